The maximum atomic E-state index is 12.1. The van der Waals surface area contributed by atoms with Crippen molar-refractivity contribution in [1.82, 2.24) is 15.3 Å². The van der Waals surface area contributed by atoms with Crippen LogP contribution in [0.1, 0.15) is 39.2 Å². The predicted octanol–water partition coefficient (Wildman–Crippen LogP) is 3.19. The van der Waals surface area contributed by atoms with Gasteiger partial charge in [0.1, 0.15) is 5.75 Å². The van der Waals surface area contributed by atoms with Crippen LogP contribution in [0.4, 0.5) is 5.95 Å². The number of hydrogen-bond acceptors (Lipinski definition) is 5. The lowest BCUT2D eigenvalue weighted by molar-refractivity contribution is -0.123. The van der Waals surface area contributed by atoms with E-state index in [-0.39, 0.29) is 17.9 Å². The van der Waals surface area contributed by atoms with Crippen LogP contribution in [-0.4, -0.2) is 42.1 Å². The molecule has 0 bridgehead atoms. The molecule has 3 rings (SSSR count). The van der Waals surface area contributed by atoms with Crippen LogP contribution < -0.4 is 15.0 Å². The van der Waals surface area contributed by atoms with Crippen molar-refractivity contribution in [2.75, 3.05) is 31.1 Å². The summed E-state index contributed by atoms with van der Waals surface area (Å²) in [7, 11) is 0. The molecular formula is C22H30N4O2. The third-order valence-corrected chi connectivity index (χ3v) is 5.13. The van der Waals surface area contributed by atoms with Crippen molar-refractivity contribution < 1.29 is 9.53 Å². The van der Waals surface area contributed by atoms with Crippen molar-refractivity contribution in [3.05, 3.63) is 48.3 Å². The smallest absolute Gasteiger partial charge is 0.257 e. The molecule has 1 aliphatic heterocycles. The molecule has 2 heterocycles. The van der Waals surface area contributed by atoms with Gasteiger partial charge in [0.15, 0.2) is 6.61 Å². The van der Waals surface area contributed by atoms with Crippen LogP contribution >= 0.6 is 0 Å². The second-order valence-corrected chi connectivity index (χ2v) is 8.35. The first-order chi connectivity index (χ1) is 13.4. The zero-order valence-corrected chi connectivity index (χ0v) is 17.0. The van der Waals surface area contributed by atoms with E-state index in [1.807, 2.05) is 18.2 Å². The van der Waals surface area contributed by atoms with Crippen LogP contribution in [0.5, 0.6) is 5.75 Å². The molecule has 0 atom stereocenters. The van der Waals surface area contributed by atoms with Gasteiger partial charge in [0, 0.05) is 32.0 Å². The van der Waals surface area contributed by atoms with Gasteiger partial charge in [-0.25, -0.2) is 9.97 Å². The van der Waals surface area contributed by atoms with Crippen LogP contribution in [-0.2, 0) is 10.2 Å². The number of carbonyl (C=O) groups excluding carboxylic acids is 1. The van der Waals surface area contributed by atoms with Gasteiger partial charge in [-0.1, -0.05) is 32.9 Å². The minimum atomic E-state index is -0.0753. The number of hydrogen-bond donors (Lipinski definition) is 1. The van der Waals surface area contributed by atoms with Gasteiger partial charge < -0.3 is 15.0 Å². The average Bonchev–Trinajstić information content (AvgIpc) is 2.71. The maximum absolute atomic E-state index is 12.1. The molecule has 0 radical (unpaired) electrons. The fourth-order valence-electron chi connectivity index (χ4n) is 3.30. The third kappa shape index (κ3) is 5.68. The normalized spacial score (nSPS) is 15.3. The molecule has 1 fully saturated rings. The van der Waals surface area contributed by atoms with Crippen LogP contribution in [0.15, 0.2) is 42.7 Å². The summed E-state index contributed by atoms with van der Waals surface area (Å²) in [5.74, 6) is 1.92. The van der Waals surface area contributed by atoms with Gasteiger partial charge in [-0.15, -0.1) is 0 Å². The zero-order valence-electron chi connectivity index (χ0n) is 17.0. The monoisotopic (exact) mass is 382 g/mol. The highest BCUT2D eigenvalue weighted by molar-refractivity contribution is 5.77. The van der Waals surface area contributed by atoms with Gasteiger partial charge in [-0.05, 0) is 47.9 Å². The van der Waals surface area contributed by atoms with E-state index in [1.165, 1.54) is 5.56 Å². The van der Waals surface area contributed by atoms with E-state index in [1.54, 1.807) is 12.4 Å². The Balaban J connectivity index is 1.36. The summed E-state index contributed by atoms with van der Waals surface area (Å²) in [5, 5.41) is 3.00. The molecule has 0 aliphatic carbocycles. The largest absolute Gasteiger partial charge is 0.484 e. The summed E-state index contributed by atoms with van der Waals surface area (Å²) in [5.41, 5.74) is 1.36. The molecule has 1 aromatic heterocycles. The summed E-state index contributed by atoms with van der Waals surface area (Å²) in [4.78, 5) is 22.9. The Hall–Kier alpha value is -2.63. The number of amides is 1. The lowest BCUT2D eigenvalue weighted by Crippen LogP contribution is -2.40. The van der Waals surface area contributed by atoms with Crippen molar-refractivity contribution in [2.24, 2.45) is 5.92 Å². The van der Waals surface area contributed by atoms with Crippen molar-refractivity contribution >= 4 is 11.9 Å². The van der Waals surface area contributed by atoms with Crippen LogP contribution in [0.25, 0.3) is 0 Å². The standard InChI is InChI=1S/C22H30N4O2/c1-22(2,3)18-5-7-19(8-6-18)28-16-20(27)25-15-17-9-13-26(14-10-17)21-23-11-4-12-24-21/h4-8,11-12,17H,9-10,13-16H2,1-3H3,(H,25,27). The molecule has 0 saturated carbocycles. The second-order valence-electron chi connectivity index (χ2n) is 8.35. The highest BCUT2D eigenvalue weighted by atomic mass is 16.5. The molecule has 1 aromatic carbocycles. The van der Waals surface area contributed by atoms with Crippen molar-refractivity contribution in [3.63, 3.8) is 0 Å². The number of anilines is 1. The van der Waals surface area contributed by atoms with Crippen LogP contribution in [0.3, 0.4) is 0 Å². The molecule has 28 heavy (non-hydrogen) atoms. The first-order valence-corrected chi connectivity index (χ1v) is 9.94. The topological polar surface area (TPSA) is 67.3 Å². The number of nitrogens with one attached hydrogen (secondary N) is 1. The summed E-state index contributed by atoms with van der Waals surface area (Å²) >= 11 is 0. The van der Waals surface area contributed by atoms with Crippen molar-refractivity contribution in [3.8, 4) is 5.75 Å². The third-order valence-electron chi connectivity index (χ3n) is 5.13. The fourth-order valence-corrected chi connectivity index (χ4v) is 3.30. The Morgan fingerprint density at radius 2 is 1.79 bits per heavy atom. The van der Waals surface area contributed by atoms with Gasteiger partial charge in [-0.2, -0.15) is 0 Å². The number of carbonyl (C=O) groups is 1. The molecule has 0 unspecified atom stereocenters. The van der Waals surface area contributed by atoms with Crippen LogP contribution in [0.2, 0.25) is 0 Å². The number of rotatable bonds is 6. The number of aromatic nitrogens is 2. The predicted molar refractivity (Wildman–Crippen MR) is 111 cm³/mol. The van der Waals surface area contributed by atoms with E-state index >= 15 is 0 Å². The average molecular weight is 383 g/mol. The Bertz CT molecular complexity index is 748. The molecule has 0 spiro atoms. The second kappa shape index (κ2) is 9.04. The number of ether oxygens (including phenoxy) is 1. The molecule has 1 aliphatic rings. The summed E-state index contributed by atoms with van der Waals surface area (Å²) in [6, 6.07) is 9.78. The molecule has 1 saturated heterocycles. The first kappa shape index (κ1) is 20.1. The number of nitrogens with zero attached hydrogens (tertiary/aromatic N) is 3. The zero-order chi connectivity index (χ0) is 20.0. The SMILES string of the molecule is CC(C)(C)c1ccc(OCC(=O)NCC2CCN(c3ncccn3)CC2)cc1. The molecule has 150 valence electrons. The summed E-state index contributed by atoms with van der Waals surface area (Å²) in [6.45, 7) is 9.09. The highest BCUT2D eigenvalue weighted by Gasteiger charge is 2.21. The first-order valence-electron chi connectivity index (χ1n) is 9.94. The molecule has 6 nitrogen and oxygen atoms in total. The van der Waals surface area contributed by atoms with Gasteiger partial charge in [0.2, 0.25) is 5.95 Å². The lowest BCUT2D eigenvalue weighted by Gasteiger charge is -2.31. The molecule has 1 amide bonds. The van der Waals surface area contributed by atoms with Gasteiger partial charge in [-0.3, -0.25) is 4.79 Å². The molecule has 6 heteroatoms. The van der Waals surface area contributed by atoms with E-state index in [9.17, 15) is 4.79 Å². The quantitative estimate of drug-likeness (QED) is 0.831. The van der Waals surface area contributed by atoms with Gasteiger partial charge in [0.25, 0.3) is 5.91 Å². The van der Waals surface area contributed by atoms with Gasteiger partial charge in [0.05, 0.1) is 0 Å². The minimum Gasteiger partial charge on any atom is -0.484 e. The Kier molecular flexibility index (Phi) is 6.49. The lowest BCUT2D eigenvalue weighted by atomic mass is 9.87. The highest BCUT2D eigenvalue weighted by Crippen LogP contribution is 2.24. The van der Waals surface area contributed by atoms with E-state index in [0.29, 0.717) is 12.5 Å². The molecule has 2 aromatic rings. The molecular weight excluding hydrogens is 352 g/mol. The Labute approximate surface area is 167 Å². The van der Waals surface area contributed by atoms with E-state index in [2.05, 4.69) is 53.1 Å². The Morgan fingerprint density at radius 3 is 2.39 bits per heavy atom. The number of piperidine rings is 1. The van der Waals surface area contributed by atoms with Gasteiger partial charge >= 0.3 is 0 Å². The summed E-state index contributed by atoms with van der Waals surface area (Å²) in [6.07, 6.45) is 5.58. The van der Waals surface area contributed by atoms with Crippen LogP contribution in [0, 0.1) is 5.92 Å². The minimum absolute atomic E-state index is 0.0472. The van der Waals surface area contributed by atoms with E-state index in [0.717, 1.165) is 37.6 Å². The van der Waals surface area contributed by atoms with E-state index < -0.39 is 0 Å². The molecule has 1 N–H and O–H groups in total. The Morgan fingerprint density at radius 1 is 1.14 bits per heavy atom. The fraction of sp³-hybridized carbons (Fsp3) is 0.500. The van der Waals surface area contributed by atoms with E-state index in [4.69, 9.17) is 4.74 Å². The number of benzene rings is 1. The summed E-state index contributed by atoms with van der Waals surface area (Å²) < 4.78 is 5.61. The van der Waals surface area contributed by atoms with Crippen molar-refractivity contribution in [2.45, 2.75) is 39.0 Å². The maximum Gasteiger partial charge on any atom is 0.257 e. The van der Waals surface area contributed by atoms with Crippen molar-refractivity contribution in [1.29, 1.82) is 0 Å².